The van der Waals surface area contributed by atoms with E-state index >= 15 is 0 Å². The highest BCUT2D eigenvalue weighted by atomic mass is 19.2. The second-order valence-electron chi connectivity index (χ2n) is 10.6. The summed E-state index contributed by atoms with van der Waals surface area (Å²) < 4.78 is 39.9. The van der Waals surface area contributed by atoms with E-state index in [4.69, 9.17) is 14.7 Å². The molecule has 0 radical (unpaired) electrons. The Balaban J connectivity index is 1.11. The van der Waals surface area contributed by atoms with Gasteiger partial charge >= 0.3 is 11.9 Å². The smallest absolute Gasteiger partial charge is 0.311 e. The minimum atomic E-state index is -1.18. The van der Waals surface area contributed by atoms with Gasteiger partial charge < -0.3 is 9.47 Å². The monoisotopic (exact) mass is 595 g/mol. The molecule has 0 heterocycles. The molecule has 44 heavy (non-hydrogen) atoms. The summed E-state index contributed by atoms with van der Waals surface area (Å²) >= 11 is 0. The van der Waals surface area contributed by atoms with Gasteiger partial charge in [0.25, 0.3) is 0 Å². The average molecular weight is 596 g/mol. The summed E-state index contributed by atoms with van der Waals surface area (Å²) in [5, 5.41) is 8.93. The molecule has 0 N–H and O–H groups in total. The van der Waals surface area contributed by atoms with Crippen molar-refractivity contribution in [1.82, 2.24) is 0 Å². The van der Waals surface area contributed by atoms with Crippen molar-refractivity contribution in [1.29, 1.82) is 5.26 Å². The number of aryl methyl sites for hydroxylation is 1. The first-order chi connectivity index (χ1) is 21.4. The van der Waals surface area contributed by atoms with Crippen LogP contribution in [0.4, 0.5) is 8.78 Å². The third-order valence-corrected chi connectivity index (χ3v) is 7.27. The Labute approximate surface area is 257 Å². The Morgan fingerprint density at radius 2 is 1.20 bits per heavy atom. The van der Waals surface area contributed by atoms with Gasteiger partial charge in [0.05, 0.1) is 11.6 Å². The van der Waals surface area contributed by atoms with Crippen LogP contribution in [-0.2, 0) is 16.0 Å². The molecule has 4 aromatic carbocycles. The predicted molar refractivity (Wildman–Crippen MR) is 166 cm³/mol. The van der Waals surface area contributed by atoms with E-state index in [9.17, 15) is 18.4 Å². The third-order valence-electron chi connectivity index (χ3n) is 7.27. The molecule has 0 aliphatic carbocycles. The molecule has 0 fully saturated rings. The van der Waals surface area contributed by atoms with Crippen molar-refractivity contribution in [3.63, 3.8) is 0 Å². The van der Waals surface area contributed by atoms with Crippen molar-refractivity contribution >= 4 is 11.9 Å². The van der Waals surface area contributed by atoms with Crippen LogP contribution in [0, 0.1) is 23.0 Å². The fraction of sp³-hybridized carbons (Fsp3) is 0.270. The SMILES string of the molecule is CCCc1ccc(-c2ccc(OC(=O)CCCCCCCC(=O)Oc3ccc(-c4ccc(C#N)cc4)cc3)c(F)c2F)cc1. The summed E-state index contributed by atoms with van der Waals surface area (Å²) in [6.45, 7) is 2.08. The van der Waals surface area contributed by atoms with Crippen molar-refractivity contribution in [2.75, 3.05) is 0 Å². The van der Waals surface area contributed by atoms with Crippen LogP contribution >= 0.6 is 0 Å². The molecule has 4 rings (SSSR count). The molecule has 0 saturated heterocycles. The number of halogens is 2. The topological polar surface area (TPSA) is 76.4 Å². The Kier molecular flexibility index (Phi) is 11.8. The minimum Gasteiger partial charge on any atom is -0.427 e. The number of nitrogens with zero attached hydrogens (tertiary/aromatic N) is 1. The van der Waals surface area contributed by atoms with Crippen molar-refractivity contribution < 1.29 is 27.8 Å². The molecule has 0 aromatic heterocycles. The number of ether oxygens (including phenoxy) is 2. The van der Waals surface area contributed by atoms with Gasteiger partial charge in [0.15, 0.2) is 11.6 Å². The van der Waals surface area contributed by atoms with E-state index in [-0.39, 0.29) is 24.4 Å². The van der Waals surface area contributed by atoms with Crippen LogP contribution in [0.25, 0.3) is 22.3 Å². The van der Waals surface area contributed by atoms with Gasteiger partial charge in [-0.1, -0.05) is 81.1 Å². The summed E-state index contributed by atoms with van der Waals surface area (Å²) in [4.78, 5) is 24.4. The molecule has 0 bridgehead atoms. The molecular weight excluding hydrogens is 560 g/mol. The van der Waals surface area contributed by atoms with E-state index in [0.717, 1.165) is 48.8 Å². The van der Waals surface area contributed by atoms with Crippen LogP contribution in [0.1, 0.15) is 69.4 Å². The minimum absolute atomic E-state index is 0.0855. The van der Waals surface area contributed by atoms with Gasteiger partial charge in [-0.25, -0.2) is 4.39 Å². The van der Waals surface area contributed by atoms with Crippen LogP contribution in [-0.4, -0.2) is 11.9 Å². The third kappa shape index (κ3) is 9.08. The first-order valence-corrected chi connectivity index (χ1v) is 15.0. The summed E-state index contributed by atoms with van der Waals surface area (Å²) in [6, 6.07) is 26.6. The fourth-order valence-corrected chi connectivity index (χ4v) is 4.85. The zero-order chi connectivity index (χ0) is 31.3. The molecule has 0 saturated carbocycles. The molecular formula is C37H35F2NO4. The van der Waals surface area contributed by atoms with Gasteiger partial charge in [-0.05, 0) is 77.9 Å². The molecule has 4 aromatic rings. The van der Waals surface area contributed by atoms with E-state index < -0.39 is 23.4 Å². The zero-order valence-corrected chi connectivity index (χ0v) is 24.8. The van der Waals surface area contributed by atoms with Gasteiger partial charge in [-0.2, -0.15) is 9.65 Å². The Morgan fingerprint density at radius 1 is 0.659 bits per heavy atom. The van der Waals surface area contributed by atoms with Crippen molar-refractivity contribution in [2.24, 2.45) is 0 Å². The molecule has 0 atom stereocenters. The average Bonchev–Trinajstić information content (AvgIpc) is 3.04. The van der Waals surface area contributed by atoms with E-state index in [2.05, 4.69) is 13.0 Å². The largest absolute Gasteiger partial charge is 0.427 e. The lowest BCUT2D eigenvalue weighted by atomic mass is 10.0. The van der Waals surface area contributed by atoms with E-state index in [1.54, 1.807) is 36.4 Å². The lowest BCUT2D eigenvalue weighted by Crippen LogP contribution is -2.09. The molecule has 226 valence electrons. The zero-order valence-electron chi connectivity index (χ0n) is 24.8. The lowest BCUT2D eigenvalue weighted by Gasteiger charge is -2.10. The number of esters is 2. The number of hydrogen-bond acceptors (Lipinski definition) is 5. The number of rotatable bonds is 14. The Hall–Kier alpha value is -4.83. The van der Waals surface area contributed by atoms with Gasteiger partial charge in [0.1, 0.15) is 5.75 Å². The normalized spacial score (nSPS) is 10.7. The molecule has 0 aliphatic heterocycles. The molecule has 0 amide bonds. The lowest BCUT2D eigenvalue weighted by molar-refractivity contribution is -0.135. The maximum atomic E-state index is 14.7. The first kappa shape index (κ1) is 32.1. The summed E-state index contributed by atoms with van der Waals surface area (Å²) in [5.74, 6) is -3.10. The standard InChI is InChI=1S/C37H35F2NO4/c1-2-8-26-11-17-30(18-12-26)32-23-24-33(37(39)36(32)38)44-35(42)10-7-5-3-4-6-9-34(41)43-31-21-19-29(20-22-31)28-15-13-27(25-40)14-16-28/h11-24H,2-10H2,1H3. The number of hydrogen-bond donors (Lipinski definition) is 0. The summed E-state index contributed by atoms with van der Waals surface area (Å²) in [5.41, 5.74) is 4.32. The number of carbonyl (C=O) groups excluding carboxylic acids is 2. The fourth-order valence-electron chi connectivity index (χ4n) is 4.85. The van der Waals surface area contributed by atoms with Crippen LogP contribution in [0.3, 0.4) is 0 Å². The summed E-state index contributed by atoms with van der Waals surface area (Å²) in [7, 11) is 0. The first-order valence-electron chi connectivity index (χ1n) is 15.0. The van der Waals surface area contributed by atoms with Crippen molar-refractivity contribution in [3.05, 3.63) is 108 Å². The number of benzene rings is 4. The maximum absolute atomic E-state index is 14.7. The van der Waals surface area contributed by atoms with E-state index in [1.807, 2.05) is 36.4 Å². The second-order valence-corrected chi connectivity index (χ2v) is 10.6. The van der Waals surface area contributed by atoms with E-state index in [0.29, 0.717) is 29.7 Å². The van der Waals surface area contributed by atoms with Crippen molar-refractivity contribution in [2.45, 2.75) is 64.7 Å². The summed E-state index contributed by atoms with van der Waals surface area (Å²) in [6.07, 6.45) is 5.83. The highest BCUT2D eigenvalue weighted by molar-refractivity contribution is 5.74. The van der Waals surface area contributed by atoms with Crippen LogP contribution in [0.2, 0.25) is 0 Å². The van der Waals surface area contributed by atoms with Crippen LogP contribution in [0.15, 0.2) is 84.9 Å². The van der Waals surface area contributed by atoms with Crippen molar-refractivity contribution in [3.8, 4) is 39.8 Å². The van der Waals surface area contributed by atoms with E-state index in [1.165, 1.54) is 12.1 Å². The van der Waals surface area contributed by atoms with Gasteiger partial charge in [-0.15, -0.1) is 0 Å². The molecule has 0 aliphatic rings. The molecule has 0 unspecified atom stereocenters. The highest BCUT2D eigenvalue weighted by Crippen LogP contribution is 2.30. The number of carbonyl (C=O) groups is 2. The number of nitriles is 1. The number of unbranched alkanes of at least 4 members (excludes halogenated alkanes) is 4. The van der Waals surface area contributed by atoms with Gasteiger partial charge in [0, 0.05) is 18.4 Å². The quantitative estimate of drug-likeness (QED) is 0.0825. The Bertz CT molecular complexity index is 1590. The highest BCUT2D eigenvalue weighted by Gasteiger charge is 2.18. The van der Waals surface area contributed by atoms with Crippen LogP contribution < -0.4 is 9.47 Å². The molecule has 5 nitrogen and oxygen atoms in total. The molecule has 0 spiro atoms. The van der Waals surface area contributed by atoms with Gasteiger partial charge in [-0.3, -0.25) is 9.59 Å². The maximum Gasteiger partial charge on any atom is 0.311 e. The van der Waals surface area contributed by atoms with Crippen LogP contribution in [0.5, 0.6) is 11.5 Å². The van der Waals surface area contributed by atoms with Gasteiger partial charge in [0.2, 0.25) is 5.82 Å². The second kappa shape index (κ2) is 16.1. The predicted octanol–water partition coefficient (Wildman–Crippen LogP) is 9.36. The molecule has 7 heteroatoms. The Morgan fingerprint density at radius 3 is 1.80 bits per heavy atom.